The van der Waals surface area contributed by atoms with Gasteiger partial charge in [0.25, 0.3) is 0 Å². The normalized spacial score (nSPS) is 12.2. The van der Waals surface area contributed by atoms with Crippen molar-refractivity contribution in [2.75, 3.05) is 0 Å². The molecule has 9 aromatic rings. The summed E-state index contributed by atoms with van der Waals surface area (Å²) in [7, 11) is 0. The molecule has 0 saturated heterocycles. The van der Waals surface area contributed by atoms with E-state index in [0.717, 1.165) is 72.1 Å². The van der Waals surface area contributed by atoms with Gasteiger partial charge in [-0.1, -0.05) is 152 Å². The number of pyridine rings is 1. The fourth-order valence-corrected chi connectivity index (χ4v) is 9.44. The Morgan fingerprint density at radius 3 is 1.73 bits per heavy atom. The van der Waals surface area contributed by atoms with E-state index in [4.69, 9.17) is 9.97 Å². The largest absolute Gasteiger partial charge is 0.507 e. The molecule has 0 fully saturated rings. The van der Waals surface area contributed by atoms with E-state index in [-0.39, 0.29) is 43.1 Å². The molecule has 9 rings (SSSR count). The van der Waals surface area contributed by atoms with Crippen LogP contribution in [0.1, 0.15) is 95.7 Å². The van der Waals surface area contributed by atoms with Gasteiger partial charge in [-0.15, -0.1) is 35.4 Å². The zero-order valence-corrected chi connectivity index (χ0v) is 42.7. The summed E-state index contributed by atoms with van der Waals surface area (Å²) in [6, 6.07) is 51.7. The molecule has 0 unspecified atom stereocenters. The Morgan fingerprint density at radius 2 is 1.11 bits per heavy atom. The van der Waals surface area contributed by atoms with E-state index in [9.17, 15) is 5.11 Å². The van der Waals surface area contributed by atoms with Crippen LogP contribution in [-0.4, -0.2) is 19.6 Å². The quantitative estimate of drug-likeness (QED) is 0.169. The van der Waals surface area contributed by atoms with Crippen LogP contribution in [0.4, 0.5) is 0 Å². The maximum atomic E-state index is 11.8. The number of phenolic OH excluding ortho intramolecular Hbond substituents is 1. The molecule has 336 valence electrons. The van der Waals surface area contributed by atoms with Crippen LogP contribution in [0.3, 0.4) is 0 Å². The predicted octanol–water partition coefficient (Wildman–Crippen LogP) is 16.2. The number of phenols is 1. The number of imidazole rings is 1. The number of fused-ring (bicyclic) bond motifs is 2. The Kier molecular flexibility index (Phi) is 12.2. The monoisotopic (exact) mass is 1050 g/mol. The molecule has 0 amide bonds. The van der Waals surface area contributed by atoms with Crippen molar-refractivity contribution in [1.82, 2.24) is 14.5 Å². The van der Waals surface area contributed by atoms with E-state index in [2.05, 4.69) is 215 Å². The number of benzene rings is 7. The summed E-state index contributed by atoms with van der Waals surface area (Å²) >= 11 is 0. The molecule has 2 heterocycles. The molecular weight excluding hydrogens is 986 g/mol. The Hall–Kier alpha value is -6.09. The van der Waals surface area contributed by atoms with Crippen LogP contribution in [0.5, 0.6) is 5.75 Å². The van der Waals surface area contributed by atoms with E-state index in [1.54, 1.807) is 0 Å². The van der Waals surface area contributed by atoms with Crippen molar-refractivity contribution in [3.8, 4) is 67.3 Å². The maximum Gasteiger partial charge on any atom is 0.148 e. The van der Waals surface area contributed by atoms with E-state index in [1.165, 1.54) is 33.4 Å². The number of aryl methyl sites for hydroxylation is 3. The summed E-state index contributed by atoms with van der Waals surface area (Å²) in [5, 5.41) is 12.9. The van der Waals surface area contributed by atoms with Crippen molar-refractivity contribution in [3.63, 3.8) is 0 Å². The van der Waals surface area contributed by atoms with Crippen LogP contribution in [-0.2, 0) is 37.3 Å². The standard InChI is InChI=1S/C61H60N3O.Pt/c1-37-29-38(2)55(39(3)30-37)43-32-49(41-19-16-20-42(31-41)50-35-46(61(10,11)12)36-51-48(27-28-62-56(50)51)40-17-14-13-15-18-40)57-53(33-43)64(47-24-21-44(22-25-47)59(4,5)6)58(63-57)52-34-45(60(7,8)9)23-26-54(52)65;/h13-30,32-36,65H,1-12H3;/q-1;. The van der Waals surface area contributed by atoms with Crippen LogP contribution >= 0.6 is 0 Å². The molecule has 0 saturated carbocycles. The van der Waals surface area contributed by atoms with E-state index < -0.39 is 0 Å². The van der Waals surface area contributed by atoms with Crippen LogP contribution in [0.25, 0.3) is 83.5 Å². The number of aromatic nitrogens is 3. The average molecular weight is 1050 g/mol. The van der Waals surface area contributed by atoms with Crippen molar-refractivity contribution in [1.29, 1.82) is 0 Å². The summed E-state index contributed by atoms with van der Waals surface area (Å²) in [5.74, 6) is 0.870. The van der Waals surface area contributed by atoms with Crippen LogP contribution in [0, 0.1) is 26.8 Å². The first-order chi connectivity index (χ1) is 30.8. The molecular formula is C61H60N3OPt-. The third kappa shape index (κ3) is 8.69. The van der Waals surface area contributed by atoms with Gasteiger partial charge in [0.05, 0.1) is 16.6 Å². The summed E-state index contributed by atoms with van der Waals surface area (Å²) < 4.78 is 2.24. The first-order valence-corrected chi connectivity index (χ1v) is 22.9. The van der Waals surface area contributed by atoms with Crippen molar-refractivity contribution >= 4 is 21.9 Å². The number of hydrogen-bond acceptors (Lipinski definition) is 3. The van der Waals surface area contributed by atoms with Crippen LogP contribution < -0.4 is 0 Å². The number of aromatic hydroxyl groups is 1. The second kappa shape index (κ2) is 17.3. The van der Waals surface area contributed by atoms with Crippen LogP contribution in [0.2, 0.25) is 0 Å². The summed E-state index contributed by atoms with van der Waals surface area (Å²) in [6.07, 6.45) is 1.93. The molecule has 0 aliphatic rings. The fourth-order valence-electron chi connectivity index (χ4n) is 9.44. The molecule has 66 heavy (non-hydrogen) atoms. The minimum Gasteiger partial charge on any atom is -0.507 e. The molecule has 0 spiro atoms. The minimum absolute atomic E-state index is 0. The molecule has 5 heteroatoms. The summed E-state index contributed by atoms with van der Waals surface area (Å²) in [6.45, 7) is 26.7. The van der Waals surface area contributed by atoms with Gasteiger partial charge < -0.3 is 5.11 Å². The van der Waals surface area contributed by atoms with Crippen molar-refractivity contribution in [3.05, 3.63) is 179 Å². The molecule has 0 atom stereocenters. The number of hydrogen-bond donors (Lipinski definition) is 1. The molecule has 0 radical (unpaired) electrons. The third-order valence-electron chi connectivity index (χ3n) is 13.0. The first kappa shape index (κ1) is 46.4. The van der Waals surface area contributed by atoms with E-state index in [0.29, 0.717) is 11.4 Å². The molecule has 7 aromatic carbocycles. The SMILES string of the molecule is Cc1cc(C)c(-c2cc(-c3[c-]c(-c4cc(C(C)(C)C)cc5c(-c6ccccc6)ccnc45)ccc3)c3nc(-c4cc(C(C)(C)C)ccc4O)n(-c4ccc(C(C)(C)C)cc4)c3c2)c(C)c1.[Pt]. The Morgan fingerprint density at radius 1 is 0.515 bits per heavy atom. The van der Waals surface area contributed by atoms with Gasteiger partial charge in [-0.3, -0.25) is 9.55 Å². The van der Waals surface area contributed by atoms with Gasteiger partial charge in [0, 0.05) is 43.9 Å². The second-order valence-electron chi connectivity index (χ2n) is 21.1. The van der Waals surface area contributed by atoms with Gasteiger partial charge in [0.1, 0.15) is 11.6 Å². The van der Waals surface area contributed by atoms with Crippen molar-refractivity contribution in [2.45, 2.75) is 99.3 Å². The zero-order valence-electron chi connectivity index (χ0n) is 40.4. The van der Waals surface area contributed by atoms with Gasteiger partial charge in [0.2, 0.25) is 0 Å². The average Bonchev–Trinajstić information content (AvgIpc) is 3.64. The summed E-state index contributed by atoms with van der Waals surface area (Å²) in [5.41, 5.74) is 19.9. The number of nitrogens with zero attached hydrogens (tertiary/aromatic N) is 3. The molecule has 0 aliphatic heterocycles. The van der Waals surface area contributed by atoms with Gasteiger partial charge in [0.15, 0.2) is 0 Å². The van der Waals surface area contributed by atoms with Crippen molar-refractivity contribution in [2.24, 2.45) is 0 Å². The van der Waals surface area contributed by atoms with Gasteiger partial charge >= 0.3 is 0 Å². The predicted molar refractivity (Wildman–Crippen MR) is 274 cm³/mol. The second-order valence-corrected chi connectivity index (χ2v) is 21.1. The smallest absolute Gasteiger partial charge is 0.148 e. The van der Waals surface area contributed by atoms with E-state index >= 15 is 0 Å². The third-order valence-corrected chi connectivity index (χ3v) is 13.0. The van der Waals surface area contributed by atoms with Gasteiger partial charge in [-0.2, -0.15) is 0 Å². The molecule has 1 N–H and O–H groups in total. The Balaban J connectivity index is 0.00000592. The summed E-state index contributed by atoms with van der Waals surface area (Å²) in [4.78, 5) is 10.7. The van der Waals surface area contributed by atoms with Crippen molar-refractivity contribution < 1.29 is 26.2 Å². The van der Waals surface area contributed by atoms with Gasteiger partial charge in [-0.05, 0) is 130 Å². The molecule has 4 nitrogen and oxygen atoms in total. The first-order valence-electron chi connectivity index (χ1n) is 22.9. The topological polar surface area (TPSA) is 50.9 Å². The Labute approximate surface area is 406 Å². The minimum atomic E-state index is -0.146. The molecule has 2 aromatic heterocycles. The fraction of sp³-hybridized carbons (Fsp3) is 0.246. The molecule has 0 bridgehead atoms. The van der Waals surface area contributed by atoms with Gasteiger partial charge in [-0.25, -0.2) is 4.98 Å². The zero-order chi connectivity index (χ0) is 46.2. The Bertz CT molecular complexity index is 3260. The van der Waals surface area contributed by atoms with Crippen LogP contribution in [0.15, 0.2) is 140 Å². The molecule has 0 aliphatic carbocycles. The van der Waals surface area contributed by atoms with E-state index in [1.807, 2.05) is 18.3 Å². The number of rotatable bonds is 6. The maximum absolute atomic E-state index is 11.8.